The molecule has 1 aliphatic heterocycles. The number of carboxylic acid groups (broad SMARTS) is 1. The summed E-state index contributed by atoms with van der Waals surface area (Å²) in [6.45, 7) is 5.32. The molecule has 0 spiro atoms. The molecule has 14 heteroatoms. The number of thioether (sulfide) groups is 1. The van der Waals surface area contributed by atoms with E-state index in [2.05, 4.69) is 10.6 Å². The summed E-state index contributed by atoms with van der Waals surface area (Å²) in [5, 5.41) is 13.1. The van der Waals surface area contributed by atoms with E-state index in [0.717, 1.165) is 17.8 Å². The second kappa shape index (κ2) is 13.6. The van der Waals surface area contributed by atoms with E-state index in [1.807, 2.05) is 0 Å². The largest absolute Gasteiger partial charge is 0.478 e. The predicted octanol–water partition coefficient (Wildman–Crippen LogP) is 1.05. The van der Waals surface area contributed by atoms with E-state index in [4.69, 9.17) is 18.7 Å². The maximum absolute atomic E-state index is 12.5. The molecule has 1 rings (SSSR count). The van der Waals surface area contributed by atoms with Crippen molar-refractivity contribution in [2.45, 2.75) is 39.7 Å². The predicted molar refractivity (Wildman–Crippen MR) is 118 cm³/mol. The lowest BCUT2D eigenvalue weighted by atomic mass is 9.87. The van der Waals surface area contributed by atoms with E-state index in [1.54, 1.807) is 20.8 Å². The molecule has 0 saturated carbocycles. The minimum absolute atomic E-state index is 0.000675. The second-order valence-corrected chi connectivity index (χ2v) is 10.3. The van der Waals surface area contributed by atoms with Gasteiger partial charge in [0.1, 0.15) is 0 Å². The van der Waals surface area contributed by atoms with Crippen molar-refractivity contribution in [3.63, 3.8) is 0 Å². The molecule has 33 heavy (non-hydrogen) atoms. The highest BCUT2D eigenvalue weighted by Gasteiger charge is 2.48. The Balaban J connectivity index is 2.30. The van der Waals surface area contributed by atoms with Crippen LogP contribution in [0.15, 0.2) is 12.2 Å². The van der Waals surface area contributed by atoms with Crippen LogP contribution >= 0.6 is 19.6 Å². The number of carboxylic acids is 1. The smallest absolute Gasteiger partial charge is 0.475 e. The lowest BCUT2D eigenvalue weighted by molar-refractivity contribution is -0.141. The quantitative estimate of drug-likeness (QED) is 0.140. The molecular weight excluding hydrogens is 479 g/mol. The molecule has 0 bridgehead atoms. The van der Waals surface area contributed by atoms with Crippen molar-refractivity contribution in [2.75, 3.05) is 32.1 Å². The second-order valence-electron chi connectivity index (χ2n) is 7.54. The van der Waals surface area contributed by atoms with Gasteiger partial charge in [0.2, 0.25) is 11.8 Å². The molecule has 0 aromatic carbocycles. The van der Waals surface area contributed by atoms with Crippen LogP contribution in [0.3, 0.4) is 0 Å². The Hall–Kier alpha value is -2.05. The van der Waals surface area contributed by atoms with Gasteiger partial charge in [0, 0.05) is 36.8 Å². The zero-order valence-corrected chi connectivity index (χ0v) is 20.4. The lowest BCUT2D eigenvalue weighted by Crippen LogP contribution is -2.50. The van der Waals surface area contributed by atoms with Crippen molar-refractivity contribution in [1.82, 2.24) is 10.6 Å². The van der Waals surface area contributed by atoms with E-state index >= 15 is 0 Å². The Kier molecular flexibility index (Phi) is 12.0. The number of hydrogen-bond acceptors (Lipinski definition) is 10. The number of nitrogens with one attached hydrogen (secondary N) is 2. The molecule has 0 radical (unpaired) electrons. The summed E-state index contributed by atoms with van der Waals surface area (Å²) in [4.78, 5) is 57.7. The van der Waals surface area contributed by atoms with Crippen LogP contribution in [0.4, 0.5) is 0 Å². The minimum atomic E-state index is -3.82. The number of phosphoric ester groups is 1. The molecule has 0 aromatic rings. The summed E-state index contributed by atoms with van der Waals surface area (Å²) in [6.07, 6.45) is -0.0715. The van der Waals surface area contributed by atoms with E-state index < -0.39 is 48.5 Å². The Morgan fingerprint density at radius 3 is 2.52 bits per heavy atom. The van der Waals surface area contributed by atoms with Gasteiger partial charge in [0.15, 0.2) is 17.0 Å². The average Bonchev–Trinajstić information content (AvgIpc) is 2.72. The van der Waals surface area contributed by atoms with Crippen LogP contribution in [-0.4, -0.2) is 71.9 Å². The van der Waals surface area contributed by atoms with Gasteiger partial charge in [-0.25, -0.2) is 9.36 Å². The Morgan fingerprint density at radius 1 is 1.18 bits per heavy atom. The molecule has 2 amide bonds. The Bertz CT molecular complexity index is 829. The molecule has 186 valence electrons. The van der Waals surface area contributed by atoms with Gasteiger partial charge in [-0.1, -0.05) is 25.6 Å². The van der Waals surface area contributed by atoms with Crippen molar-refractivity contribution in [1.29, 1.82) is 0 Å². The number of hydrogen-bond donors (Lipinski definition) is 3. The topological polar surface area (TPSA) is 174 Å². The molecule has 1 heterocycles. The summed E-state index contributed by atoms with van der Waals surface area (Å²) in [6, 6.07) is 0. The molecule has 1 saturated heterocycles. The monoisotopic (exact) mass is 508 g/mol. The molecule has 1 aliphatic rings. The van der Waals surface area contributed by atoms with E-state index in [1.165, 1.54) is 0 Å². The first-order chi connectivity index (χ1) is 15.4. The first-order valence-corrected chi connectivity index (χ1v) is 12.5. The summed E-state index contributed by atoms with van der Waals surface area (Å²) >= 11 is 0.840. The number of aliphatic carboxylic acids is 1. The van der Waals surface area contributed by atoms with Crippen LogP contribution < -0.4 is 10.6 Å². The third kappa shape index (κ3) is 11.1. The fourth-order valence-electron chi connectivity index (χ4n) is 2.50. The third-order valence-electron chi connectivity index (χ3n) is 4.13. The molecule has 3 N–H and O–H groups in total. The van der Waals surface area contributed by atoms with Gasteiger partial charge in [0.05, 0.1) is 19.6 Å². The lowest BCUT2D eigenvalue weighted by Gasteiger charge is -2.39. The summed E-state index contributed by atoms with van der Waals surface area (Å²) in [5.74, 6) is -2.58. The molecule has 0 aliphatic carbocycles. The summed E-state index contributed by atoms with van der Waals surface area (Å²) in [5.41, 5.74) is -0.758. The first-order valence-electron chi connectivity index (χ1n) is 10.1. The number of phosphoric acid groups is 1. The number of amides is 2. The van der Waals surface area contributed by atoms with Crippen LogP contribution in [0.2, 0.25) is 0 Å². The highest BCUT2D eigenvalue weighted by atomic mass is 32.2. The highest BCUT2D eigenvalue weighted by Crippen LogP contribution is 2.57. The van der Waals surface area contributed by atoms with Crippen LogP contribution in [0.25, 0.3) is 0 Å². The summed E-state index contributed by atoms with van der Waals surface area (Å²) < 4.78 is 27.8. The first kappa shape index (κ1) is 29.0. The van der Waals surface area contributed by atoms with Gasteiger partial charge in [-0.2, -0.15) is 0 Å². The van der Waals surface area contributed by atoms with Crippen molar-refractivity contribution in [2.24, 2.45) is 5.41 Å². The van der Waals surface area contributed by atoms with Gasteiger partial charge in [-0.3, -0.25) is 32.7 Å². The van der Waals surface area contributed by atoms with Crippen molar-refractivity contribution < 1.29 is 47.2 Å². The fourth-order valence-corrected chi connectivity index (χ4v) is 4.82. The third-order valence-corrected chi connectivity index (χ3v) is 6.50. The molecule has 1 fully saturated rings. The highest BCUT2D eigenvalue weighted by molar-refractivity contribution is 8.13. The Labute approximate surface area is 195 Å². The summed E-state index contributed by atoms with van der Waals surface area (Å²) in [7, 11) is -3.82. The maximum Gasteiger partial charge on any atom is 0.475 e. The molecule has 0 aromatic heterocycles. The van der Waals surface area contributed by atoms with Crippen LogP contribution in [0.1, 0.15) is 33.6 Å². The number of carbonyl (C=O) groups is 5. The van der Waals surface area contributed by atoms with Gasteiger partial charge in [-0.15, -0.1) is 0 Å². The Morgan fingerprint density at radius 2 is 1.88 bits per heavy atom. The van der Waals surface area contributed by atoms with Crippen LogP contribution in [0, 0.1) is 5.41 Å². The maximum atomic E-state index is 12.5. The SMILES string of the molecule is CCOP1(=O)OCC(C)(C)[C@H](C(=O)NCCC(=O)NCCSC(=O)CC(=O)/C=C/C(=O)O)O1. The number of rotatable bonds is 13. The fraction of sp³-hybridized carbons (Fsp3) is 0.632. The van der Waals surface area contributed by atoms with Gasteiger partial charge < -0.3 is 15.7 Å². The van der Waals surface area contributed by atoms with Crippen LogP contribution in [-0.2, 0) is 42.1 Å². The number of carbonyl (C=O) groups excluding carboxylic acids is 4. The van der Waals surface area contributed by atoms with Gasteiger partial charge >= 0.3 is 13.8 Å². The van der Waals surface area contributed by atoms with E-state index in [0.29, 0.717) is 6.08 Å². The normalized spacial score (nSPS) is 22.0. The van der Waals surface area contributed by atoms with Crippen molar-refractivity contribution in [3.05, 3.63) is 12.2 Å². The number of allylic oxidation sites excluding steroid dienone is 1. The average molecular weight is 508 g/mol. The van der Waals surface area contributed by atoms with E-state index in [-0.39, 0.29) is 44.4 Å². The molecule has 12 nitrogen and oxygen atoms in total. The van der Waals surface area contributed by atoms with Gasteiger partial charge in [0.25, 0.3) is 0 Å². The zero-order valence-electron chi connectivity index (χ0n) is 18.7. The standard InChI is InChI=1S/C19H29N2O10PS/c1-4-29-32(28)30-12-19(2,3)17(31-32)18(27)21-8-7-14(23)20-9-10-33-16(26)11-13(22)5-6-15(24)25/h5-6,17H,4,7-12H2,1-3H3,(H,20,23)(H,21,27)(H,24,25)/b6-5+/t17-,32?/m0/s1. The minimum Gasteiger partial charge on any atom is -0.478 e. The number of ketones is 1. The molecule has 1 unspecified atom stereocenters. The molecular formula is C19H29N2O10PS. The van der Waals surface area contributed by atoms with Gasteiger partial charge in [-0.05, 0) is 13.0 Å². The zero-order chi connectivity index (χ0) is 25.1. The van der Waals surface area contributed by atoms with Crippen molar-refractivity contribution >= 4 is 48.3 Å². The molecule has 2 atom stereocenters. The van der Waals surface area contributed by atoms with E-state index in [9.17, 15) is 28.5 Å². The van der Waals surface area contributed by atoms with Crippen LogP contribution in [0.5, 0.6) is 0 Å². The van der Waals surface area contributed by atoms with Crippen molar-refractivity contribution in [3.8, 4) is 0 Å².